The van der Waals surface area contributed by atoms with E-state index in [0.717, 1.165) is 55.2 Å². The largest absolute Gasteiger partial charge is 0.305 e. The second-order valence-corrected chi connectivity index (χ2v) is 11.1. The van der Waals surface area contributed by atoms with Gasteiger partial charge in [0.05, 0.1) is 17.3 Å². The van der Waals surface area contributed by atoms with E-state index in [4.69, 9.17) is 11.6 Å². The fraction of sp³-hybridized carbons (Fsp3) is 0.400. The van der Waals surface area contributed by atoms with Crippen molar-refractivity contribution in [1.29, 1.82) is 0 Å². The zero-order valence-corrected chi connectivity index (χ0v) is 21.5. The van der Waals surface area contributed by atoms with Gasteiger partial charge in [0.2, 0.25) is 0 Å². The van der Waals surface area contributed by atoms with Crippen molar-refractivity contribution in [3.8, 4) is 11.8 Å². The molecule has 6 rings (SSSR count). The van der Waals surface area contributed by atoms with Gasteiger partial charge in [0.15, 0.2) is 0 Å². The van der Waals surface area contributed by atoms with Crippen LogP contribution in [0.25, 0.3) is 0 Å². The number of rotatable bonds is 5. The van der Waals surface area contributed by atoms with Crippen molar-refractivity contribution in [3.63, 3.8) is 0 Å². The molecule has 1 amide bonds. The van der Waals surface area contributed by atoms with E-state index in [-0.39, 0.29) is 17.9 Å². The molecule has 3 aromatic rings. The number of hydrogen-bond donors (Lipinski definition) is 1. The summed E-state index contributed by atoms with van der Waals surface area (Å²) in [6.45, 7) is 1.90. The maximum atomic E-state index is 13.3. The Kier molecular flexibility index (Phi) is 6.34. The molecular formula is C30H29ClN4O2. The highest BCUT2D eigenvalue weighted by molar-refractivity contribution is 6.34. The second-order valence-electron chi connectivity index (χ2n) is 10.7. The van der Waals surface area contributed by atoms with E-state index in [2.05, 4.69) is 27.2 Å². The average molecular weight is 513 g/mol. The van der Waals surface area contributed by atoms with Crippen molar-refractivity contribution in [1.82, 2.24) is 14.8 Å². The van der Waals surface area contributed by atoms with Gasteiger partial charge in [0.1, 0.15) is 17.3 Å². The smallest absolute Gasteiger partial charge is 0.276 e. The molecule has 4 atom stereocenters. The minimum Gasteiger partial charge on any atom is -0.305 e. The number of nitrogens with one attached hydrogen (secondary N) is 1. The van der Waals surface area contributed by atoms with Gasteiger partial charge in [0, 0.05) is 29.2 Å². The number of nitrogens with zero attached hydrogens (tertiary/aromatic N) is 3. The summed E-state index contributed by atoms with van der Waals surface area (Å²) in [5, 5.41) is 7.74. The Bertz CT molecular complexity index is 1400. The van der Waals surface area contributed by atoms with Crippen LogP contribution in [0.4, 0.5) is 5.82 Å². The lowest BCUT2D eigenvalue weighted by atomic mass is 9.95. The zero-order chi connectivity index (χ0) is 25.5. The number of Topliss-reactive ketones (excluding diaryl/α,β-unsaturated/α-hetero) is 1. The number of benzene rings is 1. The summed E-state index contributed by atoms with van der Waals surface area (Å²) in [7, 11) is 0. The number of carbonyl (C=O) groups is 2. The molecular weight excluding hydrogens is 484 g/mol. The lowest BCUT2D eigenvalue weighted by Gasteiger charge is -2.17. The molecule has 2 heterocycles. The average Bonchev–Trinajstić information content (AvgIpc) is 3.39. The van der Waals surface area contributed by atoms with Crippen LogP contribution >= 0.6 is 11.6 Å². The van der Waals surface area contributed by atoms with Gasteiger partial charge >= 0.3 is 0 Å². The number of halogens is 1. The monoisotopic (exact) mass is 512 g/mol. The van der Waals surface area contributed by atoms with Crippen molar-refractivity contribution < 1.29 is 9.59 Å². The summed E-state index contributed by atoms with van der Waals surface area (Å²) in [6, 6.07) is 11.8. The van der Waals surface area contributed by atoms with Crippen LogP contribution in [0.1, 0.15) is 71.7 Å². The van der Waals surface area contributed by atoms with E-state index in [1.165, 1.54) is 0 Å². The van der Waals surface area contributed by atoms with Crippen LogP contribution in [0.2, 0.25) is 5.02 Å². The molecule has 0 bridgehead atoms. The normalized spacial score (nSPS) is 24.3. The quantitative estimate of drug-likeness (QED) is 0.435. The summed E-state index contributed by atoms with van der Waals surface area (Å²) < 4.78 is 1.79. The molecule has 6 nitrogen and oxygen atoms in total. The summed E-state index contributed by atoms with van der Waals surface area (Å²) in [5.41, 5.74) is 2.89. The highest BCUT2D eigenvalue weighted by atomic mass is 35.5. The van der Waals surface area contributed by atoms with Gasteiger partial charge in [-0.2, -0.15) is 5.10 Å². The number of aromatic nitrogens is 3. The molecule has 0 radical (unpaired) electrons. The molecule has 2 unspecified atom stereocenters. The molecule has 37 heavy (non-hydrogen) atoms. The Morgan fingerprint density at radius 1 is 0.973 bits per heavy atom. The van der Waals surface area contributed by atoms with E-state index in [9.17, 15) is 9.59 Å². The molecule has 0 aliphatic heterocycles. The summed E-state index contributed by atoms with van der Waals surface area (Å²) in [4.78, 5) is 30.3. The number of anilines is 1. The number of pyridine rings is 1. The molecule has 7 heteroatoms. The number of ketones is 1. The van der Waals surface area contributed by atoms with Crippen LogP contribution < -0.4 is 5.32 Å². The molecule has 188 valence electrons. The number of hydrogen-bond acceptors (Lipinski definition) is 4. The number of carbonyl (C=O) groups excluding carboxylic acids is 2. The molecule has 3 fully saturated rings. The number of aryl methyl sites for hydroxylation is 1. The highest BCUT2D eigenvalue weighted by Crippen LogP contribution is 2.53. The van der Waals surface area contributed by atoms with Crippen molar-refractivity contribution >= 4 is 29.1 Å². The van der Waals surface area contributed by atoms with Crippen LogP contribution in [0.5, 0.6) is 0 Å². The summed E-state index contributed by atoms with van der Waals surface area (Å²) >= 11 is 6.45. The Balaban J connectivity index is 1.14. The molecule has 3 aliphatic carbocycles. The number of amides is 1. The first-order chi connectivity index (χ1) is 18.0. The minimum atomic E-state index is -0.319. The van der Waals surface area contributed by atoms with Gasteiger partial charge in [-0.1, -0.05) is 41.6 Å². The first kappa shape index (κ1) is 23.9. The van der Waals surface area contributed by atoms with Gasteiger partial charge in [-0.15, -0.1) is 0 Å². The SMILES string of the molecule is Cc1cc(C#Cc2ccccc2)cnc1NC(=O)c1c(Cl)cnn1C1C[C@H]2CC(C(=O)C3CC3)C[C@H]2C1. The third-order valence-electron chi connectivity index (χ3n) is 8.12. The van der Waals surface area contributed by atoms with Gasteiger partial charge in [0.25, 0.3) is 5.91 Å². The molecule has 1 N–H and O–H groups in total. The third-order valence-corrected chi connectivity index (χ3v) is 8.40. The van der Waals surface area contributed by atoms with Crippen LogP contribution in [0.3, 0.4) is 0 Å². The molecule has 0 saturated heterocycles. The van der Waals surface area contributed by atoms with Gasteiger partial charge < -0.3 is 5.32 Å². The first-order valence-electron chi connectivity index (χ1n) is 13.1. The minimum absolute atomic E-state index is 0.116. The maximum absolute atomic E-state index is 13.3. The van der Waals surface area contributed by atoms with Crippen LogP contribution in [0.15, 0.2) is 48.8 Å². The van der Waals surface area contributed by atoms with E-state index >= 15 is 0 Å². The van der Waals surface area contributed by atoms with Crippen LogP contribution in [0, 0.1) is 42.4 Å². The Morgan fingerprint density at radius 2 is 1.68 bits per heavy atom. The predicted octanol–water partition coefficient (Wildman–Crippen LogP) is 5.85. The zero-order valence-electron chi connectivity index (χ0n) is 20.8. The van der Waals surface area contributed by atoms with E-state index in [1.807, 2.05) is 43.3 Å². The lowest BCUT2D eigenvalue weighted by Crippen LogP contribution is -2.22. The fourth-order valence-corrected chi connectivity index (χ4v) is 6.37. The first-order valence-corrected chi connectivity index (χ1v) is 13.5. The van der Waals surface area contributed by atoms with E-state index < -0.39 is 0 Å². The maximum Gasteiger partial charge on any atom is 0.276 e. The number of fused-ring (bicyclic) bond motifs is 1. The fourth-order valence-electron chi connectivity index (χ4n) is 6.15. The molecule has 1 aromatic carbocycles. The van der Waals surface area contributed by atoms with Crippen molar-refractivity contribution in [2.24, 2.45) is 23.7 Å². The van der Waals surface area contributed by atoms with Crippen molar-refractivity contribution in [2.75, 3.05) is 5.32 Å². The summed E-state index contributed by atoms with van der Waals surface area (Å²) in [5.74, 6) is 8.51. The van der Waals surface area contributed by atoms with Gasteiger partial charge in [-0.05, 0) is 81.0 Å². The Labute approximate surface area is 221 Å². The van der Waals surface area contributed by atoms with Gasteiger partial charge in [-0.25, -0.2) is 4.98 Å². The summed E-state index contributed by atoms with van der Waals surface area (Å²) in [6.07, 6.45) is 9.20. The second kappa shape index (κ2) is 9.79. The third kappa shape index (κ3) is 4.93. The highest BCUT2D eigenvalue weighted by Gasteiger charge is 2.47. The molecule has 3 aliphatic rings. The lowest BCUT2D eigenvalue weighted by molar-refractivity contribution is -0.124. The van der Waals surface area contributed by atoms with Gasteiger partial charge in [-0.3, -0.25) is 14.3 Å². The standard InChI is InChI=1S/C30H29ClN4O2/c1-18-11-20(8-7-19-5-3-2-4-6-19)16-32-29(18)34-30(37)27-26(31)17-33-35(27)25-14-22-12-24(13-23(22)15-25)28(36)21-9-10-21/h2-6,11,16-17,21-25H,9-10,12-15H2,1H3,(H,32,34,37)/t22-,23+,24?,25?. The van der Waals surface area contributed by atoms with Crippen LogP contribution in [-0.2, 0) is 4.79 Å². The predicted molar refractivity (Wildman–Crippen MR) is 142 cm³/mol. The van der Waals surface area contributed by atoms with E-state index in [0.29, 0.717) is 40.1 Å². The molecule has 3 saturated carbocycles. The topological polar surface area (TPSA) is 76.9 Å². The van der Waals surface area contributed by atoms with E-state index in [1.54, 1.807) is 17.1 Å². The molecule has 0 spiro atoms. The van der Waals surface area contributed by atoms with Crippen molar-refractivity contribution in [2.45, 2.75) is 51.5 Å². The Hall–Kier alpha value is -3.43. The van der Waals surface area contributed by atoms with Crippen molar-refractivity contribution in [3.05, 3.63) is 76.2 Å². The Morgan fingerprint density at radius 3 is 2.35 bits per heavy atom. The van der Waals surface area contributed by atoms with Crippen LogP contribution in [-0.4, -0.2) is 26.5 Å². The molecule has 2 aromatic heterocycles.